The van der Waals surface area contributed by atoms with Crippen molar-refractivity contribution >= 4 is 21.6 Å². The van der Waals surface area contributed by atoms with E-state index in [-0.39, 0.29) is 16.8 Å². The zero-order valence-corrected chi connectivity index (χ0v) is 15.8. The number of amides is 1. The van der Waals surface area contributed by atoms with Gasteiger partial charge in [-0.05, 0) is 50.6 Å². The molecule has 134 valence electrons. The predicted molar refractivity (Wildman–Crippen MR) is 100 cm³/mol. The van der Waals surface area contributed by atoms with E-state index < -0.39 is 10.0 Å². The normalized spacial score (nSPS) is 12.5. The SMILES string of the molecule is CC[C@@H](C)NC(=O)c1cccc(N(C)S(=O)(=O)c2ccc(C)cc2)c1. The van der Waals surface area contributed by atoms with Gasteiger partial charge in [-0.1, -0.05) is 30.7 Å². The summed E-state index contributed by atoms with van der Waals surface area (Å²) in [4.78, 5) is 12.5. The van der Waals surface area contributed by atoms with E-state index in [2.05, 4.69) is 5.32 Å². The van der Waals surface area contributed by atoms with Crippen LogP contribution >= 0.6 is 0 Å². The Morgan fingerprint density at radius 3 is 2.40 bits per heavy atom. The Kier molecular flexibility index (Phi) is 5.85. The average molecular weight is 360 g/mol. The van der Waals surface area contributed by atoms with Crippen LogP contribution in [0.25, 0.3) is 0 Å². The lowest BCUT2D eigenvalue weighted by Crippen LogP contribution is -2.32. The number of nitrogens with zero attached hydrogens (tertiary/aromatic N) is 1. The molecule has 0 spiro atoms. The smallest absolute Gasteiger partial charge is 0.264 e. The number of rotatable bonds is 6. The highest BCUT2D eigenvalue weighted by Gasteiger charge is 2.22. The summed E-state index contributed by atoms with van der Waals surface area (Å²) in [5.41, 5.74) is 1.87. The first-order valence-electron chi connectivity index (χ1n) is 8.22. The average Bonchev–Trinajstić information content (AvgIpc) is 2.61. The van der Waals surface area contributed by atoms with Crippen molar-refractivity contribution in [3.63, 3.8) is 0 Å². The Morgan fingerprint density at radius 1 is 1.16 bits per heavy atom. The van der Waals surface area contributed by atoms with Crippen LogP contribution in [-0.2, 0) is 10.0 Å². The van der Waals surface area contributed by atoms with Crippen LogP contribution in [0.15, 0.2) is 53.4 Å². The first-order valence-corrected chi connectivity index (χ1v) is 9.66. The molecule has 0 fully saturated rings. The fourth-order valence-electron chi connectivity index (χ4n) is 2.26. The number of hydrogen-bond donors (Lipinski definition) is 1. The summed E-state index contributed by atoms with van der Waals surface area (Å²) in [6.45, 7) is 5.82. The number of hydrogen-bond acceptors (Lipinski definition) is 3. The van der Waals surface area contributed by atoms with E-state index in [9.17, 15) is 13.2 Å². The molecule has 1 N–H and O–H groups in total. The monoisotopic (exact) mass is 360 g/mol. The number of sulfonamides is 1. The summed E-state index contributed by atoms with van der Waals surface area (Å²) in [6, 6.07) is 13.4. The maximum absolute atomic E-state index is 12.8. The molecule has 2 aromatic rings. The van der Waals surface area contributed by atoms with Crippen molar-refractivity contribution in [2.24, 2.45) is 0 Å². The highest BCUT2D eigenvalue weighted by molar-refractivity contribution is 7.92. The van der Waals surface area contributed by atoms with Gasteiger partial charge in [-0.25, -0.2) is 8.42 Å². The van der Waals surface area contributed by atoms with Crippen molar-refractivity contribution in [3.05, 3.63) is 59.7 Å². The molecule has 0 aliphatic heterocycles. The lowest BCUT2D eigenvalue weighted by Gasteiger charge is -2.20. The second-order valence-corrected chi connectivity index (χ2v) is 8.09. The minimum atomic E-state index is -3.68. The standard InChI is InChI=1S/C19H24N2O3S/c1-5-15(3)20-19(22)16-7-6-8-17(13-16)21(4)25(23,24)18-11-9-14(2)10-12-18/h6-13,15H,5H2,1-4H3,(H,20,22)/t15-/m1/s1. The van der Waals surface area contributed by atoms with Crippen LogP contribution in [-0.4, -0.2) is 27.4 Å². The molecule has 5 nitrogen and oxygen atoms in total. The molecule has 0 aromatic heterocycles. The summed E-state index contributed by atoms with van der Waals surface area (Å²) >= 11 is 0. The maximum atomic E-state index is 12.8. The molecule has 0 radical (unpaired) electrons. The quantitative estimate of drug-likeness (QED) is 0.859. The molecule has 0 aliphatic carbocycles. The Hall–Kier alpha value is -2.34. The minimum Gasteiger partial charge on any atom is -0.350 e. The molecule has 0 bridgehead atoms. The molecule has 2 aromatic carbocycles. The third-order valence-electron chi connectivity index (χ3n) is 4.14. The van der Waals surface area contributed by atoms with E-state index in [4.69, 9.17) is 0 Å². The van der Waals surface area contributed by atoms with Crippen LogP contribution in [0.5, 0.6) is 0 Å². The second-order valence-electron chi connectivity index (χ2n) is 6.12. The number of nitrogens with one attached hydrogen (secondary N) is 1. The van der Waals surface area contributed by atoms with Gasteiger partial charge in [0.1, 0.15) is 0 Å². The van der Waals surface area contributed by atoms with Crippen molar-refractivity contribution in [3.8, 4) is 0 Å². The molecule has 0 saturated carbocycles. The van der Waals surface area contributed by atoms with Crippen molar-refractivity contribution in [1.82, 2.24) is 5.32 Å². The maximum Gasteiger partial charge on any atom is 0.264 e. The van der Waals surface area contributed by atoms with E-state index in [0.717, 1.165) is 12.0 Å². The summed E-state index contributed by atoms with van der Waals surface area (Å²) < 4.78 is 26.7. The third kappa shape index (κ3) is 4.39. The second kappa shape index (κ2) is 7.70. The van der Waals surface area contributed by atoms with E-state index in [1.54, 1.807) is 48.5 Å². The topological polar surface area (TPSA) is 66.5 Å². The van der Waals surface area contributed by atoms with Crippen LogP contribution in [0.4, 0.5) is 5.69 Å². The molecule has 25 heavy (non-hydrogen) atoms. The molecule has 1 atom stereocenters. The molecular formula is C19H24N2O3S. The lowest BCUT2D eigenvalue weighted by atomic mass is 10.1. The third-order valence-corrected chi connectivity index (χ3v) is 5.94. The molecule has 0 unspecified atom stereocenters. The van der Waals surface area contributed by atoms with Gasteiger partial charge < -0.3 is 5.32 Å². The van der Waals surface area contributed by atoms with Crippen molar-refractivity contribution < 1.29 is 13.2 Å². The Bertz CT molecular complexity index is 845. The summed E-state index contributed by atoms with van der Waals surface area (Å²) in [7, 11) is -2.19. The van der Waals surface area contributed by atoms with E-state index in [1.807, 2.05) is 20.8 Å². The van der Waals surface area contributed by atoms with Crippen molar-refractivity contribution in [2.45, 2.75) is 38.1 Å². The molecule has 1 amide bonds. The molecule has 0 heterocycles. The van der Waals surface area contributed by atoms with Gasteiger partial charge in [0.2, 0.25) is 0 Å². The molecule has 6 heteroatoms. The van der Waals surface area contributed by atoms with Gasteiger partial charge in [0.15, 0.2) is 0 Å². The predicted octanol–water partition coefficient (Wildman–Crippen LogP) is 3.35. The van der Waals surface area contributed by atoms with Gasteiger partial charge >= 0.3 is 0 Å². The Balaban J connectivity index is 2.30. The Morgan fingerprint density at radius 2 is 1.80 bits per heavy atom. The largest absolute Gasteiger partial charge is 0.350 e. The van der Waals surface area contributed by atoms with Gasteiger partial charge in [-0.15, -0.1) is 0 Å². The van der Waals surface area contributed by atoms with Gasteiger partial charge in [-0.2, -0.15) is 0 Å². The number of benzene rings is 2. The summed E-state index contributed by atoms with van der Waals surface area (Å²) in [5, 5.41) is 2.88. The first-order chi connectivity index (χ1) is 11.8. The summed E-state index contributed by atoms with van der Waals surface area (Å²) in [5.74, 6) is -0.211. The highest BCUT2D eigenvalue weighted by Crippen LogP contribution is 2.23. The number of carbonyl (C=O) groups excluding carboxylic acids is 1. The number of carbonyl (C=O) groups is 1. The van der Waals surface area contributed by atoms with Crippen LogP contribution < -0.4 is 9.62 Å². The zero-order valence-electron chi connectivity index (χ0n) is 15.0. The fraction of sp³-hybridized carbons (Fsp3) is 0.316. The lowest BCUT2D eigenvalue weighted by molar-refractivity contribution is 0.0939. The van der Waals surface area contributed by atoms with Crippen molar-refractivity contribution in [1.29, 1.82) is 0 Å². The molecule has 0 saturated heterocycles. The zero-order chi connectivity index (χ0) is 18.6. The van der Waals surface area contributed by atoms with Gasteiger partial charge in [0.25, 0.3) is 15.9 Å². The summed E-state index contributed by atoms with van der Waals surface area (Å²) in [6.07, 6.45) is 0.827. The van der Waals surface area contributed by atoms with Crippen LogP contribution in [0, 0.1) is 6.92 Å². The highest BCUT2D eigenvalue weighted by atomic mass is 32.2. The van der Waals surface area contributed by atoms with Crippen LogP contribution in [0.1, 0.15) is 36.2 Å². The molecular weight excluding hydrogens is 336 g/mol. The van der Waals surface area contributed by atoms with Gasteiger partial charge in [-0.3, -0.25) is 9.10 Å². The molecule has 2 rings (SSSR count). The number of aryl methyl sites for hydroxylation is 1. The van der Waals surface area contributed by atoms with E-state index >= 15 is 0 Å². The Labute approximate surface area is 149 Å². The first kappa shape index (κ1) is 19.0. The minimum absolute atomic E-state index is 0.0603. The van der Waals surface area contributed by atoms with Crippen LogP contribution in [0.3, 0.4) is 0 Å². The number of anilines is 1. The van der Waals surface area contributed by atoms with E-state index in [0.29, 0.717) is 11.3 Å². The molecule has 0 aliphatic rings. The van der Waals surface area contributed by atoms with Gasteiger partial charge in [0, 0.05) is 18.7 Å². The fourth-order valence-corrected chi connectivity index (χ4v) is 3.45. The van der Waals surface area contributed by atoms with Gasteiger partial charge in [0.05, 0.1) is 10.6 Å². The van der Waals surface area contributed by atoms with Crippen molar-refractivity contribution in [2.75, 3.05) is 11.4 Å². The van der Waals surface area contributed by atoms with Crippen LogP contribution in [0.2, 0.25) is 0 Å². The van der Waals surface area contributed by atoms with E-state index in [1.165, 1.54) is 11.4 Å².